The summed E-state index contributed by atoms with van der Waals surface area (Å²) in [5.74, 6) is 1.94. The van der Waals surface area contributed by atoms with Crippen molar-refractivity contribution in [1.29, 1.82) is 0 Å². The molecule has 2 fully saturated rings. The van der Waals surface area contributed by atoms with Crippen molar-refractivity contribution >= 4 is 34.5 Å². The Bertz CT molecular complexity index is 558. The highest BCUT2D eigenvalue weighted by Gasteiger charge is 2.43. The van der Waals surface area contributed by atoms with Crippen molar-refractivity contribution < 1.29 is 9.53 Å². The minimum atomic E-state index is -0.428. The molecule has 0 aromatic carbocycles. The van der Waals surface area contributed by atoms with Crippen molar-refractivity contribution in [1.82, 2.24) is 14.9 Å². The van der Waals surface area contributed by atoms with Crippen molar-refractivity contribution in [3.63, 3.8) is 0 Å². The second kappa shape index (κ2) is 6.41. The van der Waals surface area contributed by atoms with E-state index < -0.39 is 5.60 Å². The molecule has 1 aliphatic heterocycles. The van der Waals surface area contributed by atoms with Gasteiger partial charge in [-0.3, -0.25) is 0 Å². The SMILES string of the molecule is CC(C)(C)OC(=O)N1C[C@H]2C[C@H](Nc3cnc(I)cn3)C[C@H]2C1. The van der Waals surface area contributed by atoms with Crippen molar-refractivity contribution in [2.24, 2.45) is 11.8 Å². The van der Waals surface area contributed by atoms with Crippen molar-refractivity contribution in [3.8, 4) is 0 Å². The minimum absolute atomic E-state index is 0.181. The van der Waals surface area contributed by atoms with E-state index >= 15 is 0 Å². The number of rotatable bonds is 2. The fourth-order valence-electron chi connectivity index (χ4n) is 3.49. The van der Waals surface area contributed by atoms with Gasteiger partial charge in [0.25, 0.3) is 0 Å². The monoisotopic (exact) mass is 430 g/mol. The third-order valence-corrected chi connectivity index (χ3v) is 4.93. The van der Waals surface area contributed by atoms with E-state index in [1.165, 1.54) is 0 Å². The molecule has 0 bridgehead atoms. The van der Waals surface area contributed by atoms with Crippen LogP contribution in [0.1, 0.15) is 33.6 Å². The molecule has 3 rings (SSSR count). The molecular formula is C16H23IN4O2. The summed E-state index contributed by atoms with van der Waals surface area (Å²) in [4.78, 5) is 22.6. The van der Waals surface area contributed by atoms with E-state index in [4.69, 9.17) is 4.74 Å². The summed E-state index contributed by atoms with van der Waals surface area (Å²) < 4.78 is 6.37. The van der Waals surface area contributed by atoms with E-state index in [9.17, 15) is 4.79 Å². The fourth-order valence-corrected chi connectivity index (χ4v) is 3.77. The summed E-state index contributed by atoms with van der Waals surface area (Å²) in [7, 11) is 0. The summed E-state index contributed by atoms with van der Waals surface area (Å²) in [6.45, 7) is 7.32. The number of hydrogen-bond donors (Lipinski definition) is 1. The first kappa shape index (κ1) is 16.7. The number of amides is 1. The van der Waals surface area contributed by atoms with Gasteiger partial charge < -0.3 is 15.0 Å². The second-order valence-electron chi connectivity index (χ2n) is 7.44. The Hall–Kier alpha value is -1.12. The molecular weight excluding hydrogens is 407 g/mol. The van der Waals surface area contributed by atoms with Gasteiger partial charge in [-0.05, 0) is 68.0 Å². The van der Waals surface area contributed by atoms with Crippen LogP contribution in [-0.2, 0) is 4.74 Å². The van der Waals surface area contributed by atoms with Crippen LogP contribution < -0.4 is 5.32 Å². The number of nitrogens with zero attached hydrogens (tertiary/aromatic N) is 3. The van der Waals surface area contributed by atoms with Crippen molar-refractivity contribution in [3.05, 3.63) is 16.1 Å². The number of fused-ring (bicyclic) bond motifs is 1. The number of hydrogen-bond acceptors (Lipinski definition) is 5. The van der Waals surface area contributed by atoms with Crippen LogP contribution in [0.15, 0.2) is 12.4 Å². The summed E-state index contributed by atoms with van der Waals surface area (Å²) in [6.07, 6.45) is 5.50. The lowest BCUT2D eigenvalue weighted by Gasteiger charge is -2.25. The number of carbonyl (C=O) groups excluding carboxylic acids is 1. The van der Waals surface area contributed by atoms with Crippen molar-refractivity contribution in [2.75, 3.05) is 18.4 Å². The number of halogens is 1. The smallest absolute Gasteiger partial charge is 0.410 e. The Balaban J connectivity index is 1.51. The quantitative estimate of drug-likeness (QED) is 0.731. The predicted octanol–water partition coefficient (Wildman–Crippen LogP) is 3.14. The van der Waals surface area contributed by atoms with Gasteiger partial charge in [0, 0.05) is 19.1 Å². The van der Waals surface area contributed by atoms with Crippen LogP contribution >= 0.6 is 22.6 Å². The highest BCUT2D eigenvalue weighted by molar-refractivity contribution is 14.1. The third-order valence-electron chi connectivity index (χ3n) is 4.38. The molecule has 6 nitrogen and oxygen atoms in total. The van der Waals surface area contributed by atoms with Gasteiger partial charge in [-0.1, -0.05) is 0 Å². The Labute approximate surface area is 150 Å². The molecule has 3 atom stereocenters. The van der Waals surface area contributed by atoms with Crippen LogP contribution in [0, 0.1) is 15.5 Å². The molecule has 1 saturated carbocycles. The lowest BCUT2D eigenvalue weighted by molar-refractivity contribution is 0.0280. The highest BCUT2D eigenvalue weighted by atomic mass is 127. The Morgan fingerprint density at radius 1 is 1.26 bits per heavy atom. The van der Waals surface area contributed by atoms with Crippen LogP contribution in [0.3, 0.4) is 0 Å². The Morgan fingerprint density at radius 2 is 1.91 bits per heavy atom. The van der Waals surface area contributed by atoms with Gasteiger partial charge in [-0.15, -0.1) is 0 Å². The largest absolute Gasteiger partial charge is 0.444 e. The second-order valence-corrected chi connectivity index (χ2v) is 8.55. The van der Waals surface area contributed by atoms with Crippen LogP contribution in [0.4, 0.5) is 10.6 Å². The predicted molar refractivity (Wildman–Crippen MR) is 96.2 cm³/mol. The van der Waals surface area contributed by atoms with Gasteiger partial charge in [0.1, 0.15) is 15.1 Å². The van der Waals surface area contributed by atoms with Crippen molar-refractivity contribution in [2.45, 2.75) is 45.3 Å². The first-order valence-electron chi connectivity index (χ1n) is 8.02. The number of carbonyl (C=O) groups is 1. The molecule has 1 saturated heterocycles. The van der Waals surface area contributed by atoms with E-state index in [1.54, 1.807) is 12.4 Å². The van der Waals surface area contributed by atoms with Crippen LogP contribution in [-0.4, -0.2) is 45.7 Å². The molecule has 0 unspecified atom stereocenters. The molecule has 1 aliphatic carbocycles. The first-order valence-corrected chi connectivity index (χ1v) is 9.10. The number of aromatic nitrogens is 2. The van der Waals surface area contributed by atoms with Gasteiger partial charge in [0.2, 0.25) is 0 Å². The lowest BCUT2D eigenvalue weighted by atomic mass is 10.0. The van der Waals surface area contributed by atoms with E-state index in [0.29, 0.717) is 17.9 Å². The number of ether oxygens (including phenoxy) is 1. The van der Waals surface area contributed by atoms with Crippen LogP contribution in [0.2, 0.25) is 0 Å². The van der Waals surface area contributed by atoms with Gasteiger partial charge in [0.05, 0.1) is 12.4 Å². The molecule has 1 N–H and O–H groups in total. The molecule has 1 aromatic rings. The van der Waals surface area contributed by atoms with Gasteiger partial charge in [-0.2, -0.15) is 0 Å². The molecule has 2 aliphatic rings. The maximum absolute atomic E-state index is 12.2. The summed E-state index contributed by atoms with van der Waals surface area (Å²) in [5.41, 5.74) is -0.428. The number of anilines is 1. The number of nitrogens with one attached hydrogen (secondary N) is 1. The van der Waals surface area contributed by atoms with Gasteiger partial charge in [-0.25, -0.2) is 14.8 Å². The normalized spacial score (nSPS) is 27.0. The maximum Gasteiger partial charge on any atom is 0.410 e. The summed E-state index contributed by atoms with van der Waals surface area (Å²) >= 11 is 2.15. The van der Waals surface area contributed by atoms with E-state index in [0.717, 1.165) is 35.4 Å². The van der Waals surface area contributed by atoms with E-state index in [-0.39, 0.29) is 6.09 Å². The molecule has 23 heavy (non-hydrogen) atoms. The van der Waals surface area contributed by atoms with Gasteiger partial charge in [0.15, 0.2) is 0 Å². The van der Waals surface area contributed by atoms with E-state index in [1.807, 2.05) is 25.7 Å². The molecule has 126 valence electrons. The average molecular weight is 430 g/mol. The topological polar surface area (TPSA) is 67.3 Å². The lowest BCUT2D eigenvalue weighted by Crippen LogP contribution is -2.36. The van der Waals surface area contributed by atoms with E-state index in [2.05, 4.69) is 37.9 Å². The molecule has 2 heterocycles. The fraction of sp³-hybridized carbons (Fsp3) is 0.688. The molecule has 1 aromatic heterocycles. The standard InChI is InChI=1S/C16H23IN4O2/c1-16(2,3)23-15(22)21-8-10-4-12(5-11(10)9-21)20-14-7-18-13(17)6-19-14/h6-7,10-12H,4-5,8-9H2,1-3H3,(H,19,20)/t10-,11+,12+. The third kappa shape index (κ3) is 4.24. The first-order chi connectivity index (χ1) is 10.8. The Morgan fingerprint density at radius 3 is 2.43 bits per heavy atom. The molecule has 0 radical (unpaired) electrons. The molecule has 1 amide bonds. The number of likely N-dealkylation sites (tertiary alicyclic amines) is 1. The maximum atomic E-state index is 12.2. The summed E-state index contributed by atoms with van der Waals surface area (Å²) in [5, 5.41) is 3.47. The van der Waals surface area contributed by atoms with Crippen LogP contribution in [0.25, 0.3) is 0 Å². The minimum Gasteiger partial charge on any atom is -0.444 e. The Kier molecular flexibility index (Phi) is 4.66. The van der Waals surface area contributed by atoms with Gasteiger partial charge >= 0.3 is 6.09 Å². The highest BCUT2D eigenvalue weighted by Crippen LogP contribution is 2.39. The zero-order valence-electron chi connectivity index (χ0n) is 13.8. The van der Waals surface area contributed by atoms with Crippen LogP contribution in [0.5, 0.6) is 0 Å². The molecule has 7 heteroatoms. The zero-order chi connectivity index (χ0) is 16.6. The average Bonchev–Trinajstić information content (AvgIpc) is 2.97. The summed E-state index contributed by atoms with van der Waals surface area (Å²) in [6, 6.07) is 0.417. The zero-order valence-corrected chi connectivity index (χ0v) is 15.9. The molecule has 0 spiro atoms.